The SMILES string of the molecule is CC1CCN(CC[C@@](C#N)(c2cccs2)C(C)C)CC1. The van der Waals surface area contributed by atoms with E-state index >= 15 is 0 Å². The lowest BCUT2D eigenvalue weighted by molar-refractivity contribution is 0.174. The number of hydrogen-bond acceptors (Lipinski definition) is 3. The van der Waals surface area contributed by atoms with Gasteiger partial charge in [-0.1, -0.05) is 26.8 Å². The molecule has 0 spiro atoms. The first kappa shape index (κ1) is 15.5. The molecular formula is C17H26N2S. The van der Waals surface area contributed by atoms with Gasteiger partial charge < -0.3 is 4.90 Å². The highest BCUT2D eigenvalue weighted by Crippen LogP contribution is 2.38. The molecule has 0 radical (unpaired) electrons. The highest BCUT2D eigenvalue weighted by Gasteiger charge is 2.37. The first-order chi connectivity index (χ1) is 9.58. The Hall–Kier alpha value is -0.850. The maximum absolute atomic E-state index is 9.83. The number of rotatable bonds is 5. The van der Waals surface area contributed by atoms with Crippen LogP contribution in [-0.4, -0.2) is 24.5 Å². The molecule has 1 atom stereocenters. The summed E-state index contributed by atoms with van der Waals surface area (Å²) in [6.45, 7) is 10.2. The summed E-state index contributed by atoms with van der Waals surface area (Å²) in [7, 11) is 0. The smallest absolute Gasteiger partial charge is 0.0949 e. The van der Waals surface area contributed by atoms with Crippen molar-refractivity contribution in [2.24, 2.45) is 11.8 Å². The number of thiophene rings is 1. The van der Waals surface area contributed by atoms with Crippen molar-refractivity contribution in [3.05, 3.63) is 22.4 Å². The second-order valence-corrected chi connectivity index (χ2v) is 7.44. The molecule has 1 fully saturated rings. The van der Waals surface area contributed by atoms with Crippen LogP contribution in [-0.2, 0) is 5.41 Å². The van der Waals surface area contributed by atoms with Gasteiger partial charge in [-0.2, -0.15) is 5.26 Å². The van der Waals surface area contributed by atoms with E-state index in [-0.39, 0.29) is 5.41 Å². The molecule has 2 heterocycles. The van der Waals surface area contributed by atoms with E-state index in [9.17, 15) is 5.26 Å². The van der Waals surface area contributed by atoms with E-state index in [1.807, 2.05) is 0 Å². The van der Waals surface area contributed by atoms with Gasteiger partial charge in [0.15, 0.2) is 0 Å². The summed E-state index contributed by atoms with van der Waals surface area (Å²) in [5.41, 5.74) is -0.308. The summed E-state index contributed by atoms with van der Waals surface area (Å²) in [6.07, 6.45) is 3.57. The molecule has 20 heavy (non-hydrogen) atoms. The molecule has 110 valence electrons. The van der Waals surface area contributed by atoms with E-state index in [0.717, 1.165) is 18.9 Å². The average molecular weight is 290 g/mol. The van der Waals surface area contributed by atoms with Crippen LogP contribution in [0.15, 0.2) is 17.5 Å². The zero-order chi connectivity index (χ0) is 14.6. The molecule has 2 rings (SSSR count). The van der Waals surface area contributed by atoms with Gasteiger partial charge in [0.2, 0.25) is 0 Å². The predicted octanol–water partition coefficient (Wildman–Crippen LogP) is 4.29. The second kappa shape index (κ2) is 6.74. The van der Waals surface area contributed by atoms with E-state index in [4.69, 9.17) is 0 Å². The average Bonchev–Trinajstić information content (AvgIpc) is 2.96. The zero-order valence-corrected chi connectivity index (χ0v) is 13.7. The predicted molar refractivity (Wildman–Crippen MR) is 85.9 cm³/mol. The van der Waals surface area contributed by atoms with Gasteiger partial charge in [-0.25, -0.2) is 0 Å². The molecule has 1 aromatic heterocycles. The molecule has 1 aromatic rings. The molecule has 0 amide bonds. The number of likely N-dealkylation sites (tertiary alicyclic amines) is 1. The molecule has 1 aliphatic heterocycles. The van der Waals surface area contributed by atoms with Crippen LogP contribution in [0.2, 0.25) is 0 Å². The third kappa shape index (κ3) is 3.24. The van der Waals surface area contributed by atoms with Crippen molar-refractivity contribution >= 4 is 11.3 Å². The van der Waals surface area contributed by atoms with Crippen molar-refractivity contribution in [1.82, 2.24) is 4.90 Å². The lowest BCUT2D eigenvalue weighted by atomic mass is 9.74. The van der Waals surface area contributed by atoms with Crippen molar-refractivity contribution in [2.75, 3.05) is 19.6 Å². The van der Waals surface area contributed by atoms with Gasteiger partial charge in [-0.05, 0) is 55.6 Å². The van der Waals surface area contributed by atoms with Crippen LogP contribution in [0.4, 0.5) is 0 Å². The highest BCUT2D eigenvalue weighted by molar-refractivity contribution is 7.10. The molecule has 2 nitrogen and oxygen atoms in total. The van der Waals surface area contributed by atoms with Gasteiger partial charge in [0.1, 0.15) is 0 Å². The Morgan fingerprint density at radius 1 is 1.45 bits per heavy atom. The maximum Gasteiger partial charge on any atom is 0.0949 e. The van der Waals surface area contributed by atoms with Gasteiger partial charge in [0, 0.05) is 11.4 Å². The number of hydrogen-bond donors (Lipinski definition) is 0. The number of piperidine rings is 1. The Labute approximate surface area is 127 Å². The Balaban J connectivity index is 2.04. The van der Waals surface area contributed by atoms with Crippen LogP contribution in [0.25, 0.3) is 0 Å². The van der Waals surface area contributed by atoms with Crippen LogP contribution in [0.1, 0.15) is 44.9 Å². The Morgan fingerprint density at radius 2 is 2.15 bits per heavy atom. The molecule has 0 bridgehead atoms. The molecular weight excluding hydrogens is 264 g/mol. The fourth-order valence-electron chi connectivity index (χ4n) is 3.09. The van der Waals surface area contributed by atoms with Gasteiger partial charge in [-0.3, -0.25) is 0 Å². The van der Waals surface area contributed by atoms with E-state index in [2.05, 4.69) is 49.3 Å². The first-order valence-electron chi connectivity index (χ1n) is 7.76. The van der Waals surface area contributed by atoms with Crippen molar-refractivity contribution in [1.29, 1.82) is 5.26 Å². The van der Waals surface area contributed by atoms with Crippen LogP contribution in [0.3, 0.4) is 0 Å². The topological polar surface area (TPSA) is 27.0 Å². The fraction of sp³-hybridized carbons (Fsp3) is 0.706. The van der Waals surface area contributed by atoms with Crippen LogP contribution in [0.5, 0.6) is 0 Å². The monoisotopic (exact) mass is 290 g/mol. The van der Waals surface area contributed by atoms with Crippen molar-refractivity contribution in [2.45, 2.75) is 45.4 Å². The minimum absolute atomic E-state index is 0.308. The summed E-state index contributed by atoms with van der Waals surface area (Å²) in [5.74, 6) is 1.23. The Morgan fingerprint density at radius 3 is 2.65 bits per heavy atom. The maximum atomic E-state index is 9.83. The fourth-order valence-corrected chi connectivity index (χ4v) is 4.14. The van der Waals surface area contributed by atoms with Gasteiger partial charge in [0.05, 0.1) is 11.5 Å². The molecule has 0 unspecified atom stereocenters. The number of nitriles is 1. The molecule has 1 aliphatic rings. The lowest BCUT2D eigenvalue weighted by Gasteiger charge is -2.35. The Kier molecular flexibility index (Phi) is 5.23. The summed E-state index contributed by atoms with van der Waals surface area (Å²) in [5, 5.41) is 11.9. The molecule has 0 aliphatic carbocycles. The van der Waals surface area contributed by atoms with Crippen LogP contribution in [0, 0.1) is 23.2 Å². The minimum Gasteiger partial charge on any atom is -0.303 e. The molecule has 0 aromatic carbocycles. The summed E-state index contributed by atoms with van der Waals surface area (Å²) in [4.78, 5) is 3.78. The summed E-state index contributed by atoms with van der Waals surface area (Å²) >= 11 is 1.73. The zero-order valence-electron chi connectivity index (χ0n) is 12.9. The van der Waals surface area contributed by atoms with Gasteiger partial charge in [-0.15, -0.1) is 11.3 Å². The Bertz CT molecular complexity index is 438. The third-order valence-corrected chi connectivity index (χ3v) is 5.89. The van der Waals surface area contributed by atoms with Crippen LogP contribution >= 0.6 is 11.3 Å². The minimum atomic E-state index is -0.308. The van der Waals surface area contributed by atoms with Gasteiger partial charge >= 0.3 is 0 Å². The highest BCUT2D eigenvalue weighted by atomic mass is 32.1. The second-order valence-electron chi connectivity index (χ2n) is 6.49. The molecule has 0 saturated carbocycles. The molecule has 1 saturated heterocycles. The largest absolute Gasteiger partial charge is 0.303 e. The third-order valence-electron chi connectivity index (χ3n) is 4.84. The first-order valence-corrected chi connectivity index (χ1v) is 8.64. The normalized spacial score (nSPS) is 20.8. The van der Waals surface area contributed by atoms with Crippen molar-refractivity contribution in [3.8, 4) is 6.07 Å². The molecule has 0 N–H and O–H groups in total. The number of nitrogens with zero attached hydrogens (tertiary/aromatic N) is 2. The van der Waals surface area contributed by atoms with E-state index < -0.39 is 0 Å². The lowest BCUT2D eigenvalue weighted by Crippen LogP contribution is -2.39. The molecule has 3 heteroatoms. The quantitative estimate of drug-likeness (QED) is 0.809. The van der Waals surface area contributed by atoms with E-state index in [1.54, 1.807) is 11.3 Å². The van der Waals surface area contributed by atoms with E-state index in [0.29, 0.717) is 5.92 Å². The van der Waals surface area contributed by atoms with E-state index in [1.165, 1.54) is 30.8 Å². The van der Waals surface area contributed by atoms with Crippen molar-refractivity contribution in [3.63, 3.8) is 0 Å². The standard InChI is InChI=1S/C17H26N2S/c1-14(2)17(13-18,16-5-4-12-20-16)8-11-19-9-6-15(3)7-10-19/h4-5,12,14-15H,6-11H2,1-3H3/t17-/m0/s1. The van der Waals surface area contributed by atoms with Crippen LogP contribution < -0.4 is 0 Å². The van der Waals surface area contributed by atoms with Gasteiger partial charge in [0.25, 0.3) is 0 Å². The summed E-state index contributed by atoms with van der Waals surface area (Å²) in [6, 6.07) is 6.85. The summed E-state index contributed by atoms with van der Waals surface area (Å²) < 4.78 is 0. The van der Waals surface area contributed by atoms with Crippen molar-refractivity contribution < 1.29 is 0 Å².